The van der Waals surface area contributed by atoms with Crippen molar-refractivity contribution in [1.29, 1.82) is 0 Å². The maximum absolute atomic E-state index is 11.9. The molecule has 0 spiro atoms. The summed E-state index contributed by atoms with van der Waals surface area (Å²) in [6.45, 7) is 3.46. The summed E-state index contributed by atoms with van der Waals surface area (Å²) in [4.78, 5) is 11.9. The van der Waals surface area contributed by atoms with Gasteiger partial charge in [0.25, 0.3) is 0 Å². The highest BCUT2D eigenvalue weighted by atomic mass is 16.6. The van der Waals surface area contributed by atoms with E-state index in [-0.39, 0.29) is 12.5 Å². The van der Waals surface area contributed by atoms with Gasteiger partial charge in [-0.3, -0.25) is 4.79 Å². The second kappa shape index (κ2) is 13.3. The fourth-order valence-corrected chi connectivity index (χ4v) is 4.46. The van der Waals surface area contributed by atoms with Crippen LogP contribution in [0.15, 0.2) is 91.0 Å². The molecular weight excluding hydrogens is 456 g/mol. The highest BCUT2D eigenvalue weighted by Gasteiger charge is 2.46. The predicted octanol–water partition coefficient (Wildman–Crippen LogP) is 5.11. The Morgan fingerprint density at radius 1 is 0.806 bits per heavy atom. The van der Waals surface area contributed by atoms with Gasteiger partial charge < -0.3 is 24.1 Å². The van der Waals surface area contributed by atoms with Crippen molar-refractivity contribution in [1.82, 2.24) is 0 Å². The SMILES string of the molecule is CC(C(=O)O)[C@@H]1CO[C@H](COCc2ccccc2)[C@H](OCc2ccccc2)[C@@H]1OCc1ccccc1. The Labute approximate surface area is 212 Å². The third-order valence-electron chi connectivity index (χ3n) is 6.61. The van der Waals surface area contributed by atoms with Gasteiger partial charge in [-0.15, -0.1) is 0 Å². The summed E-state index contributed by atoms with van der Waals surface area (Å²) in [5, 5.41) is 9.79. The van der Waals surface area contributed by atoms with Crippen LogP contribution < -0.4 is 0 Å². The second-order valence-electron chi connectivity index (χ2n) is 9.19. The number of ether oxygens (including phenoxy) is 4. The van der Waals surface area contributed by atoms with E-state index >= 15 is 0 Å². The molecule has 4 rings (SSSR count). The Morgan fingerprint density at radius 2 is 1.28 bits per heavy atom. The molecule has 1 N–H and O–H groups in total. The number of rotatable bonds is 12. The lowest BCUT2D eigenvalue weighted by Crippen LogP contribution is -2.56. The molecule has 0 amide bonds. The standard InChI is InChI=1S/C30H34O6/c1-22(30(31)32)26-20-34-27(21-33-17-23-11-5-2-6-12-23)29(36-19-25-15-9-4-10-16-25)28(26)35-18-24-13-7-3-8-14-24/h2-16,22,26-29H,17-21H2,1H3,(H,31,32)/t22?,26-,27+,28+,29-/m0/s1. The summed E-state index contributed by atoms with van der Waals surface area (Å²) in [6, 6.07) is 29.7. The van der Waals surface area contributed by atoms with Gasteiger partial charge in [-0.2, -0.15) is 0 Å². The molecule has 6 heteroatoms. The van der Waals surface area contributed by atoms with Crippen LogP contribution in [0.25, 0.3) is 0 Å². The normalized spacial score (nSPS) is 22.7. The quantitative estimate of drug-likeness (QED) is 0.380. The lowest BCUT2D eigenvalue weighted by molar-refractivity contribution is -0.228. The Bertz CT molecular complexity index is 1040. The highest BCUT2D eigenvalue weighted by molar-refractivity contribution is 5.70. The first kappa shape index (κ1) is 26.0. The van der Waals surface area contributed by atoms with E-state index in [0.717, 1.165) is 16.7 Å². The van der Waals surface area contributed by atoms with E-state index in [2.05, 4.69) is 0 Å². The molecule has 36 heavy (non-hydrogen) atoms. The summed E-state index contributed by atoms with van der Waals surface area (Å²) in [7, 11) is 0. The molecule has 0 saturated carbocycles. The minimum absolute atomic E-state index is 0.261. The first-order valence-electron chi connectivity index (χ1n) is 12.4. The molecule has 0 aliphatic carbocycles. The molecule has 1 unspecified atom stereocenters. The molecular formula is C30H34O6. The van der Waals surface area contributed by atoms with E-state index in [4.69, 9.17) is 18.9 Å². The number of aliphatic carboxylic acids is 1. The Morgan fingerprint density at radius 3 is 1.78 bits per heavy atom. The number of hydrogen-bond donors (Lipinski definition) is 1. The molecule has 3 aromatic carbocycles. The van der Waals surface area contributed by atoms with Gasteiger partial charge in [0.15, 0.2) is 0 Å². The maximum Gasteiger partial charge on any atom is 0.306 e. The summed E-state index contributed by atoms with van der Waals surface area (Å²) in [5.41, 5.74) is 3.12. The van der Waals surface area contributed by atoms with Crippen molar-refractivity contribution < 1.29 is 28.8 Å². The van der Waals surface area contributed by atoms with Crippen LogP contribution in [-0.4, -0.2) is 42.6 Å². The van der Waals surface area contributed by atoms with E-state index in [1.807, 2.05) is 91.0 Å². The molecule has 1 aliphatic heterocycles. The van der Waals surface area contributed by atoms with Crippen LogP contribution in [0.4, 0.5) is 0 Å². The van der Waals surface area contributed by atoms with Crippen molar-refractivity contribution in [3.8, 4) is 0 Å². The van der Waals surface area contributed by atoms with Crippen molar-refractivity contribution in [2.75, 3.05) is 13.2 Å². The van der Waals surface area contributed by atoms with E-state index in [1.165, 1.54) is 0 Å². The Balaban J connectivity index is 1.52. The van der Waals surface area contributed by atoms with E-state index < -0.39 is 30.2 Å². The molecule has 6 nitrogen and oxygen atoms in total. The van der Waals surface area contributed by atoms with E-state index in [9.17, 15) is 9.90 Å². The fraction of sp³-hybridized carbons (Fsp3) is 0.367. The number of benzene rings is 3. The van der Waals surface area contributed by atoms with Gasteiger partial charge >= 0.3 is 5.97 Å². The van der Waals surface area contributed by atoms with Crippen LogP contribution in [0.5, 0.6) is 0 Å². The van der Waals surface area contributed by atoms with E-state index in [0.29, 0.717) is 26.4 Å². The maximum atomic E-state index is 11.9. The van der Waals surface area contributed by atoms with Crippen LogP contribution in [0, 0.1) is 11.8 Å². The van der Waals surface area contributed by atoms with Crippen molar-refractivity contribution in [3.63, 3.8) is 0 Å². The molecule has 0 bridgehead atoms. The van der Waals surface area contributed by atoms with Crippen molar-refractivity contribution >= 4 is 5.97 Å². The van der Waals surface area contributed by atoms with Gasteiger partial charge in [0.05, 0.1) is 45.1 Å². The average molecular weight is 491 g/mol. The lowest BCUT2D eigenvalue weighted by atomic mass is 9.83. The monoisotopic (exact) mass is 490 g/mol. The Hall–Kier alpha value is -3.03. The number of carboxylic acids is 1. The third-order valence-corrected chi connectivity index (χ3v) is 6.61. The minimum Gasteiger partial charge on any atom is -0.481 e. The third kappa shape index (κ3) is 7.24. The van der Waals surface area contributed by atoms with Gasteiger partial charge in [-0.25, -0.2) is 0 Å². The van der Waals surface area contributed by atoms with Crippen LogP contribution in [0.1, 0.15) is 23.6 Å². The van der Waals surface area contributed by atoms with Crippen molar-refractivity contribution in [2.45, 2.75) is 45.1 Å². The highest BCUT2D eigenvalue weighted by Crippen LogP contribution is 2.32. The number of carbonyl (C=O) groups is 1. The van der Waals surface area contributed by atoms with Crippen LogP contribution >= 0.6 is 0 Å². The minimum atomic E-state index is -0.877. The van der Waals surface area contributed by atoms with Gasteiger partial charge in [-0.05, 0) is 16.7 Å². The largest absolute Gasteiger partial charge is 0.481 e. The summed E-state index contributed by atoms with van der Waals surface area (Å²) in [6.07, 6.45) is -1.36. The zero-order valence-electron chi connectivity index (χ0n) is 20.6. The summed E-state index contributed by atoms with van der Waals surface area (Å²) >= 11 is 0. The fourth-order valence-electron chi connectivity index (χ4n) is 4.46. The predicted molar refractivity (Wildman–Crippen MR) is 136 cm³/mol. The van der Waals surface area contributed by atoms with Crippen LogP contribution in [0.2, 0.25) is 0 Å². The lowest BCUT2D eigenvalue weighted by Gasteiger charge is -2.43. The molecule has 0 aromatic heterocycles. The first-order valence-corrected chi connectivity index (χ1v) is 12.4. The van der Waals surface area contributed by atoms with E-state index in [1.54, 1.807) is 6.92 Å². The number of carboxylic acid groups (broad SMARTS) is 1. The zero-order chi connectivity index (χ0) is 25.2. The molecule has 1 fully saturated rings. The zero-order valence-corrected chi connectivity index (χ0v) is 20.6. The van der Waals surface area contributed by atoms with Gasteiger partial charge in [-0.1, -0.05) is 97.9 Å². The second-order valence-corrected chi connectivity index (χ2v) is 9.19. The average Bonchev–Trinajstić information content (AvgIpc) is 2.92. The molecule has 1 aliphatic rings. The topological polar surface area (TPSA) is 74.2 Å². The van der Waals surface area contributed by atoms with Crippen molar-refractivity contribution in [2.24, 2.45) is 11.8 Å². The molecule has 3 aromatic rings. The number of hydrogen-bond acceptors (Lipinski definition) is 5. The molecule has 190 valence electrons. The van der Waals surface area contributed by atoms with Crippen LogP contribution in [0.3, 0.4) is 0 Å². The van der Waals surface area contributed by atoms with Gasteiger partial charge in [0, 0.05) is 5.92 Å². The summed E-state index contributed by atoms with van der Waals surface area (Å²) < 4.78 is 25.1. The molecule has 5 atom stereocenters. The summed E-state index contributed by atoms with van der Waals surface area (Å²) in [5.74, 6) is -1.89. The molecule has 0 radical (unpaired) electrons. The van der Waals surface area contributed by atoms with Crippen LogP contribution in [-0.2, 0) is 43.6 Å². The van der Waals surface area contributed by atoms with Crippen molar-refractivity contribution in [3.05, 3.63) is 108 Å². The molecule has 1 saturated heterocycles. The van der Waals surface area contributed by atoms with Gasteiger partial charge in [0.2, 0.25) is 0 Å². The Kier molecular flexibility index (Phi) is 9.64. The first-order chi connectivity index (χ1) is 17.6. The molecule has 1 heterocycles. The van der Waals surface area contributed by atoms with Gasteiger partial charge in [0.1, 0.15) is 12.2 Å². The smallest absolute Gasteiger partial charge is 0.306 e.